The third kappa shape index (κ3) is 1.73. The Balaban J connectivity index is 2.73. The van der Waals surface area contributed by atoms with Gasteiger partial charge in [-0.2, -0.15) is 0 Å². The van der Waals surface area contributed by atoms with Crippen LogP contribution in [0.4, 0.5) is 0 Å². The van der Waals surface area contributed by atoms with Gasteiger partial charge in [-0.15, -0.1) is 6.58 Å². The second kappa shape index (κ2) is 4.05. The zero-order valence-corrected chi connectivity index (χ0v) is 7.20. The van der Waals surface area contributed by atoms with Crippen molar-refractivity contribution in [2.45, 2.75) is 12.8 Å². The van der Waals surface area contributed by atoms with E-state index in [9.17, 15) is 4.79 Å². The average molecular weight is 162 g/mol. The highest BCUT2D eigenvalue weighted by Gasteiger charge is 2.24. The van der Waals surface area contributed by atoms with Gasteiger partial charge < -0.3 is 0 Å². The number of hydrogen-bond donors (Lipinski definition) is 0. The lowest BCUT2D eigenvalue weighted by molar-refractivity contribution is -0.119. The molecular weight excluding hydrogens is 148 g/mol. The van der Waals surface area contributed by atoms with Gasteiger partial charge in [0.15, 0.2) is 5.78 Å². The quantitative estimate of drug-likeness (QED) is 0.460. The van der Waals surface area contributed by atoms with Crippen LogP contribution in [0.3, 0.4) is 0 Å². The second-order valence-electron chi connectivity index (χ2n) is 3.06. The number of carbonyl (C=O) groups excluding carboxylic acids is 1. The van der Waals surface area contributed by atoms with E-state index in [1.165, 1.54) is 6.08 Å². The molecule has 0 unspecified atom stereocenters. The standard InChI is InChI=1S/C11H14O/c1-3-9-7-5-6-8-10(9)11(12)4-2/h3-6,9-10H,1-2,7-8H2/t9-,10+/m1/s1. The molecule has 0 heterocycles. The maximum atomic E-state index is 11.3. The van der Waals surface area contributed by atoms with Gasteiger partial charge in [-0.25, -0.2) is 0 Å². The molecule has 0 aromatic rings. The van der Waals surface area contributed by atoms with Gasteiger partial charge in [-0.1, -0.05) is 24.8 Å². The Morgan fingerprint density at radius 2 is 2.00 bits per heavy atom. The molecular formula is C11H14O. The minimum absolute atomic E-state index is 0.0880. The lowest BCUT2D eigenvalue weighted by atomic mass is 9.80. The van der Waals surface area contributed by atoms with Crippen LogP contribution in [-0.2, 0) is 4.79 Å². The minimum atomic E-state index is 0.0880. The molecule has 0 fully saturated rings. The van der Waals surface area contributed by atoms with E-state index in [1.807, 2.05) is 6.08 Å². The number of rotatable bonds is 3. The molecule has 1 nitrogen and oxygen atoms in total. The first-order valence-electron chi connectivity index (χ1n) is 4.23. The topological polar surface area (TPSA) is 17.1 Å². The molecule has 0 aromatic carbocycles. The zero-order chi connectivity index (χ0) is 8.97. The molecule has 1 rings (SSSR count). The number of hydrogen-bond acceptors (Lipinski definition) is 1. The summed E-state index contributed by atoms with van der Waals surface area (Å²) >= 11 is 0. The van der Waals surface area contributed by atoms with E-state index in [1.54, 1.807) is 0 Å². The molecule has 0 aliphatic heterocycles. The molecule has 1 aliphatic carbocycles. The van der Waals surface area contributed by atoms with E-state index in [0.717, 1.165) is 12.8 Å². The van der Waals surface area contributed by atoms with Gasteiger partial charge >= 0.3 is 0 Å². The maximum Gasteiger partial charge on any atom is 0.159 e. The summed E-state index contributed by atoms with van der Waals surface area (Å²) in [4.78, 5) is 11.3. The monoisotopic (exact) mass is 162 g/mol. The molecule has 2 atom stereocenters. The van der Waals surface area contributed by atoms with E-state index in [4.69, 9.17) is 0 Å². The molecule has 0 aromatic heterocycles. The van der Waals surface area contributed by atoms with Gasteiger partial charge in [-0.3, -0.25) is 4.79 Å². The average Bonchev–Trinajstić information content (AvgIpc) is 2.16. The Morgan fingerprint density at radius 3 is 2.58 bits per heavy atom. The van der Waals surface area contributed by atoms with Crippen LogP contribution in [0.5, 0.6) is 0 Å². The third-order valence-corrected chi connectivity index (χ3v) is 2.35. The van der Waals surface area contributed by atoms with Gasteiger partial charge in [0.1, 0.15) is 0 Å². The normalized spacial score (nSPS) is 28.0. The number of carbonyl (C=O) groups is 1. The molecule has 1 aliphatic rings. The van der Waals surface area contributed by atoms with Crippen LogP contribution < -0.4 is 0 Å². The summed E-state index contributed by atoms with van der Waals surface area (Å²) in [5.41, 5.74) is 0. The SMILES string of the molecule is C=CC(=O)[C@H]1CC=CC[C@H]1C=C. The molecule has 0 N–H and O–H groups in total. The van der Waals surface area contributed by atoms with Crippen LogP contribution in [-0.4, -0.2) is 5.78 Å². The molecule has 0 bridgehead atoms. The first kappa shape index (κ1) is 8.98. The Kier molecular flexibility index (Phi) is 3.03. The van der Waals surface area contributed by atoms with Crippen molar-refractivity contribution < 1.29 is 4.79 Å². The fourth-order valence-electron chi connectivity index (χ4n) is 1.57. The fourth-order valence-corrected chi connectivity index (χ4v) is 1.57. The Hall–Kier alpha value is -1.11. The predicted molar refractivity (Wildman–Crippen MR) is 50.8 cm³/mol. The smallest absolute Gasteiger partial charge is 0.159 e. The van der Waals surface area contributed by atoms with Crippen molar-refractivity contribution in [2.24, 2.45) is 11.8 Å². The van der Waals surface area contributed by atoms with E-state index in [0.29, 0.717) is 5.92 Å². The van der Waals surface area contributed by atoms with Crippen molar-refractivity contribution in [1.29, 1.82) is 0 Å². The molecule has 0 radical (unpaired) electrons. The Bertz CT molecular complexity index is 225. The molecule has 1 heteroatoms. The Morgan fingerprint density at radius 1 is 1.33 bits per heavy atom. The Labute approximate surface area is 73.5 Å². The third-order valence-electron chi connectivity index (χ3n) is 2.35. The lowest BCUT2D eigenvalue weighted by Gasteiger charge is -2.23. The van der Waals surface area contributed by atoms with Crippen molar-refractivity contribution in [2.75, 3.05) is 0 Å². The molecule has 0 amide bonds. The summed E-state index contributed by atoms with van der Waals surface area (Å²) < 4.78 is 0. The second-order valence-corrected chi connectivity index (χ2v) is 3.06. The predicted octanol–water partition coefficient (Wildman–Crippen LogP) is 2.51. The van der Waals surface area contributed by atoms with Gasteiger partial charge in [0, 0.05) is 5.92 Å². The van der Waals surface area contributed by atoms with Crippen LogP contribution >= 0.6 is 0 Å². The first-order valence-corrected chi connectivity index (χ1v) is 4.23. The summed E-state index contributed by atoms with van der Waals surface area (Å²) in [5, 5.41) is 0. The highest BCUT2D eigenvalue weighted by Crippen LogP contribution is 2.27. The van der Waals surface area contributed by atoms with Crippen LogP contribution in [0.1, 0.15) is 12.8 Å². The summed E-state index contributed by atoms with van der Waals surface area (Å²) in [6.07, 6.45) is 9.23. The fraction of sp³-hybridized carbons (Fsp3) is 0.364. The summed E-state index contributed by atoms with van der Waals surface area (Å²) in [5.74, 6) is 0.537. The number of allylic oxidation sites excluding steroid dienone is 4. The largest absolute Gasteiger partial charge is 0.295 e. The van der Waals surface area contributed by atoms with Crippen molar-refractivity contribution >= 4 is 5.78 Å². The molecule has 0 saturated heterocycles. The maximum absolute atomic E-state index is 11.3. The summed E-state index contributed by atoms with van der Waals surface area (Å²) in [6, 6.07) is 0. The molecule has 0 saturated carbocycles. The highest BCUT2D eigenvalue weighted by atomic mass is 16.1. The molecule has 0 spiro atoms. The van der Waals surface area contributed by atoms with Crippen LogP contribution in [0, 0.1) is 11.8 Å². The minimum Gasteiger partial charge on any atom is -0.295 e. The van der Waals surface area contributed by atoms with Crippen molar-refractivity contribution in [3.63, 3.8) is 0 Å². The van der Waals surface area contributed by atoms with E-state index < -0.39 is 0 Å². The van der Waals surface area contributed by atoms with Gasteiger partial charge in [0.05, 0.1) is 0 Å². The highest BCUT2D eigenvalue weighted by molar-refractivity contribution is 5.91. The van der Waals surface area contributed by atoms with Crippen molar-refractivity contribution in [3.8, 4) is 0 Å². The van der Waals surface area contributed by atoms with Crippen molar-refractivity contribution in [3.05, 3.63) is 37.5 Å². The van der Waals surface area contributed by atoms with E-state index in [2.05, 4.69) is 25.3 Å². The van der Waals surface area contributed by atoms with Gasteiger partial charge in [-0.05, 0) is 24.8 Å². The van der Waals surface area contributed by atoms with Crippen LogP contribution in [0.2, 0.25) is 0 Å². The van der Waals surface area contributed by atoms with E-state index in [-0.39, 0.29) is 11.7 Å². The lowest BCUT2D eigenvalue weighted by Crippen LogP contribution is -2.22. The molecule has 12 heavy (non-hydrogen) atoms. The zero-order valence-electron chi connectivity index (χ0n) is 7.20. The molecule has 64 valence electrons. The summed E-state index contributed by atoms with van der Waals surface area (Å²) in [7, 11) is 0. The van der Waals surface area contributed by atoms with Crippen LogP contribution in [0.15, 0.2) is 37.5 Å². The van der Waals surface area contributed by atoms with Crippen LogP contribution in [0.25, 0.3) is 0 Å². The van der Waals surface area contributed by atoms with Gasteiger partial charge in [0.2, 0.25) is 0 Å². The van der Waals surface area contributed by atoms with Crippen molar-refractivity contribution in [1.82, 2.24) is 0 Å². The first-order chi connectivity index (χ1) is 5.79. The number of ketones is 1. The summed E-state index contributed by atoms with van der Waals surface area (Å²) in [6.45, 7) is 7.23. The van der Waals surface area contributed by atoms with E-state index >= 15 is 0 Å². The van der Waals surface area contributed by atoms with Gasteiger partial charge in [0.25, 0.3) is 0 Å².